The predicted octanol–water partition coefficient (Wildman–Crippen LogP) is 3.45. The molecule has 0 aliphatic rings. The third kappa shape index (κ3) is 3.57. The van der Waals surface area contributed by atoms with Crippen molar-refractivity contribution in [2.24, 2.45) is 0 Å². The van der Waals surface area contributed by atoms with Crippen LogP contribution in [0.25, 0.3) is 0 Å². The van der Waals surface area contributed by atoms with Gasteiger partial charge in [0.15, 0.2) is 0 Å². The van der Waals surface area contributed by atoms with Crippen LogP contribution in [0, 0.1) is 3.57 Å². The number of anilines is 1. The van der Waals surface area contributed by atoms with E-state index in [0.717, 1.165) is 20.9 Å². The van der Waals surface area contributed by atoms with E-state index in [9.17, 15) is 0 Å². The van der Waals surface area contributed by atoms with Crippen LogP contribution in [0.5, 0.6) is 0 Å². The quantitative estimate of drug-likeness (QED) is 0.843. The molecular formula is C10H9ClIN3S. The largest absolute Gasteiger partial charge is 0.354 e. The lowest BCUT2D eigenvalue weighted by Crippen LogP contribution is -2.06. The average Bonchev–Trinajstić information content (AvgIpc) is 2.67. The summed E-state index contributed by atoms with van der Waals surface area (Å²) in [5, 5.41) is 3.17. The number of rotatable bonds is 4. The molecule has 0 fully saturated rings. The number of hydrogen-bond donors (Lipinski definition) is 1. The van der Waals surface area contributed by atoms with Gasteiger partial charge in [0.25, 0.3) is 0 Å². The molecule has 16 heavy (non-hydrogen) atoms. The zero-order valence-electron chi connectivity index (χ0n) is 8.28. The zero-order chi connectivity index (χ0) is 11.4. The van der Waals surface area contributed by atoms with Gasteiger partial charge in [-0.05, 0) is 41.1 Å². The molecule has 0 saturated heterocycles. The van der Waals surface area contributed by atoms with Gasteiger partial charge >= 0.3 is 0 Å². The van der Waals surface area contributed by atoms with E-state index in [1.54, 1.807) is 23.7 Å². The van der Waals surface area contributed by atoms with Crippen molar-refractivity contribution in [3.63, 3.8) is 0 Å². The number of nitrogens with zero attached hydrogens (tertiary/aromatic N) is 2. The van der Waals surface area contributed by atoms with E-state index < -0.39 is 0 Å². The summed E-state index contributed by atoms with van der Waals surface area (Å²) in [6, 6.07) is 3.96. The van der Waals surface area contributed by atoms with Gasteiger partial charge in [0, 0.05) is 27.4 Å². The van der Waals surface area contributed by atoms with Gasteiger partial charge in [0.2, 0.25) is 5.95 Å². The zero-order valence-corrected chi connectivity index (χ0v) is 12.0. The van der Waals surface area contributed by atoms with Crippen LogP contribution in [0.1, 0.15) is 4.88 Å². The first-order chi connectivity index (χ1) is 7.74. The highest BCUT2D eigenvalue weighted by Gasteiger charge is 1.99. The summed E-state index contributed by atoms with van der Waals surface area (Å²) in [7, 11) is 0. The molecule has 0 amide bonds. The normalized spacial score (nSPS) is 10.4. The standard InChI is InChI=1S/C10H9ClIN3S/c11-9-2-1-8(16-9)3-4-13-10-14-5-7(12)6-15-10/h1-2,5-6H,3-4H2,(H,13,14,15). The molecule has 0 aliphatic carbocycles. The van der Waals surface area contributed by atoms with Crippen molar-refractivity contribution in [3.05, 3.63) is 37.3 Å². The van der Waals surface area contributed by atoms with Gasteiger partial charge in [-0.25, -0.2) is 9.97 Å². The van der Waals surface area contributed by atoms with Crippen molar-refractivity contribution in [3.8, 4) is 0 Å². The van der Waals surface area contributed by atoms with E-state index in [2.05, 4.69) is 37.9 Å². The van der Waals surface area contributed by atoms with E-state index in [4.69, 9.17) is 11.6 Å². The number of nitrogens with one attached hydrogen (secondary N) is 1. The Bertz CT molecular complexity index is 457. The lowest BCUT2D eigenvalue weighted by molar-refractivity contribution is 0.997. The molecule has 2 aromatic heterocycles. The fourth-order valence-electron chi connectivity index (χ4n) is 1.19. The SMILES string of the molecule is Clc1ccc(CCNc2ncc(I)cn2)s1. The van der Waals surface area contributed by atoms with Gasteiger partial charge in [-0.3, -0.25) is 0 Å². The summed E-state index contributed by atoms with van der Waals surface area (Å²) in [6.07, 6.45) is 4.52. The molecule has 1 N–H and O–H groups in total. The Balaban J connectivity index is 1.82. The first-order valence-electron chi connectivity index (χ1n) is 4.69. The highest BCUT2D eigenvalue weighted by molar-refractivity contribution is 14.1. The Labute approximate surface area is 116 Å². The van der Waals surface area contributed by atoms with Gasteiger partial charge in [0.05, 0.1) is 4.34 Å². The molecule has 0 aliphatic heterocycles. The summed E-state index contributed by atoms with van der Waals surface area (Å²) in [4.78, 5) is 9.59. The van der Waals surface area contributed by atoms with Crippen molar-refractivity contribution in [2.75, 3.05) is 11.9 Å². The molecule has 3 nitrogen and oxygen atoms in total. The molecule has 0 unspecified atom stereocenters. The second-order valence-corrected chi connectivity index (χ2v) is 6.15. The lowest BCUT2D eigenvalue weighted by Gasteiger charge is -2.02. The smallest absolute Gasteiger partial charge is 0.222 e. The van der Waals surface area contributed by atoms with Crippen molar-refractivity contribution in [1.29, 1.82) is 0 Å². The number of hydrogen-bond acceptors (Lipinski definition) is 4. The molecule has 0 radical (unpaired) electrons. The molecule has 2 heterocycles. The summed E-state index contributed by atoms with van der Waals surface area (Å²) in [5.74, 6) is 0.670. The summed E-state index contributed by atoms with van der Waals surface area (Å²) >= 11 is 9.64. The first kappa shape index (κ1) is 12.1. The predicted molar refractivity (Wildman–Crippen MR) is 76.3 cm³/mol. The average molecular weight is 366 g/mol. The van der Waals surface area contributed by atoms with Gasteiger partial charge in [-0.2, -0.15) is 0 Å². The highest BCUT2D eigenvalue weighted by Crippen LogP contribution is 2.21. The molecular weight excluding hydrogens is 357 g/mol. The molecule has 0 bridgehead atoms. The van der Waals surface area contributed by atoms with Crippen LogP contribution < -0.4 is 5.32 Å². The minimum atomic E-state index is 0.670. The second-order valence-electron chi connectivity index (χ2n) is 3.11. The highest BCUT2D eigenvalue weighted by atomic mass is 127. The monoisotopic (exact) mass is 365 g/mol. The molecule has 2 aromatic rings. The minimum Gasteiger partial charge on any atom is -0.354 e. The van der Waals surface area contributed by atoms with E-state index >= 15 is 0 Å². The number of aromatic nitrogens is 2. The van der Waals surface area contributed by atoms with Crippen LogP contribution in [0.2, 0.25) is 4.34 Å². The van der Waals surface area contributed by atoms with Crippen molar-refractivity contribution in [2.45, 2.75) is 6.42 Å². The van der Waals surface area contributed by atoms with Crippen molar-refractivity contribution >= 4 is 51.5 Å². The van der Waals surface area contributed by atoms with E-state index in [-0.39, 0.29) is 0 Å². The third-order valence-corrected chi connectivity index (χ3v) is 3.75. The van der Waals surface area contributed by atoms with Crippen molar-refractivity contribution < 1.29 is 0 Å². The maximum Gasteiger partial charge on any atom is 0.222 e. The van der Waals surface area contributed by atoms with Gasteiger partial charge < -0.3 is 5.32 Å². The molecule has 0 aromatic carbocycles. The maximum atomic E-state index is 5.85. The van der Waals surface area contributed by atoms with Crippen LogP contribution in [0.4, 0.5) is 5.95 Å². The Morgan fingerprint density at radius 2 is 2.06 bits per heavy atom. The van der Waals surface area contributed by atoms with Crippen LogP contribution >= 0.6 is 45.5 Å². The van der Waals surface area contributed by atoms with Crippen molar-refractivity contribution in [1.82, 2.24) is 9.97 Å². The Kier molecular flexibility index (Phi) is 4.37. The Morgan fingerprint density at radius 3 is 2.69 bits per heavy atom. The van der Waals surface area contributed by atoms with Crippen LogP contribution in [-0.2, 0) is 6.42 Å². The van der Waals surface area contributed by atoms with Gasteiger partial charge in [0.1, 0.15) is 0 Å². The fraction of sp³-hybridized carbons (Fsp3) is 0.200. The fourth-order valence-corrected chi connectivity index (χ4v) is 2.55. The van der Waals surface area contributed by atoms with E-state index in [1.807, 2.05) is 12.1 Å². The maximum absolute atomic E-state index is 5.85. The molecule has 2 rings (SSSR count). The topological polar surface area (TPSA) is 37.8 Å². The molecule has 84 valence electrons. The number of halogens is 2. The molecule has 0 spiro atoms. The molecule has 6 heteroatoms. The Morgan fingerprint density at radius 1 is 1.31 bits per heavy atom. The van der Waals surface area contributed by atoms with Crippen LogP contribution in [-0.4, -0.2) is 16.5 Å². The molecule has 0 atom stereocenters. The molecule has 0 saturated carbocycles. The number of thiophene rings is 1. The lowest BCUT2D eigenvalue weighted by atomic mass is 10.3. The van der Waals surface area contributed by atoms with Gasteiger partial charge in [-0.1, -0.05) is 11.6 Å². The second kappa shape index (κ2) is 5.79. The van der Waals surface area contributed by atoms with Crippen LogP contribution in [0.3, 0.4) is 0 Å². The first-order valence-corrected chi connectivity index (χ1v) is 6.97. The summed E-state index contributed by atoms with van der Waals surface area (Å²) < 4.78 is 1.87. The Hall–Kier alpha value is -0.400. The van der Waals surface area contributed by atoms with E-state index in [0.29, 0.717) is 5.95 Å². The third-order valence-electron chi connectivity index (χ3n) is 1.90. The van der Waals surface area contributed by atoms with E-state index in [1.165, 1.54) is 4.88 Å². The van der Waals surface area contributed by atoms with Crippen LogP contribution in [0.15, 0.2) is 24.5 Å². The minimum absolute atomic E-state index is 0.670. The summed E-state index contributed by atoms with van der Waals surface area (Å²) in [5.41, 5.74) is 0. The van der Waals surface area contributed by atoms with Gasteiger partial charge in [-0.15, -0.1) is 11.3 Å². The summed E-state index contributed by atoms with van der Waals surface area (Å²) in [6.45, 7) is 0.817.